The van der Waals surface area contributed by atoms with Gasteiger partial charge in [-0.15, -0.1) is 0 Å². The van der Waals surface area contributed by atoms with Crippen molar-refractivity contribution in [2.45, 2.75) is 33.1 Å². The largest absolute Gasteiger partial charge is 0.416 e. The van der Waals surface area contributed by atoms with Gasteiger partial charge in [0.25, 0.3) is 5.56 Å². The molecule has 0 spiro atoms. The van der Waals surface area contributed by atoms with E-state index in [1.165, 1.54) is 18.3 Å². The van der Waals surface area contributed by atoms with Crippen molar-refractivity contribution >= 4 is 17.0 Å². The van der Waals surface area contributed by atoms with Crippen LogP contribution in [-0.4, -0.2) is 19.7 Å². The van der Waals surface area contributed by atoms with Crippen LogP contribution in [0.1, 0.15) is 25.0 Å². The third-order valence-electron chi connectivity index (χ3n) is 3.79. The van der Waals surface area contributed by atoms with Gasteiger partial charge in [0.15, 0.2) is 5.65 Å². The lowest BCUT2D eigenvalue weighted by atomic mass is 10.1. The summed E-state index contributed by atoms with van der Waals surface area (Å²) in [4.78, 5) is 19.1. The fourth-order valence-corrected chi connectivity index (χ4v) is 2.53. The highest BCUT2D eigenvalue weighted by atomic mass is 19.4. The summed E-state index contributed by atoms with van der Waals surface area (Å²) in [5.74, 6) is 0.579. The normalized spacial score (nSPS) is 12.1. The number of halogens is 3. The van der Waals surface area contributed by atoms with Crippen LogP contribution in [-0.2, 0) is 19.3 Å². The molecule has 0 saturated carbocycles. The number of nitrogens with zero attached hydrogens (tertiary/aromatic N) is 3. The van der Waals surface area contributed by atoms with Crippen molar-refractivity contribution in [1.82, 2.24) is 19.7 Å². The van der Waals surface area contributed by atoms with Gasteiger partial charge in [-0.25, -0.2) is 4.68 Å². The molecule has 3 rings (SSSR count). The number of nitrogens with one attached hydrogen (secondary N) is 2. The van der Waals surface area contributed by atoms with E-state index < -0.39 is 11.7 Å². The average molecular weight is 365 g/mol. The smallest absolute Gasteiger partial charge is 0.352 e. The van der Waals surface area contributed by atoms with Gasteiger partial charge in [-0.1, -0.05) is 26.0 Å². The van der Waals surface area contributed by atoms with E-state index in [2.05, 4.69) is 20.4 Å². The van der Waals surface area contributed by atoms with Crippen LogP contribution in [0.15, 0.2) is 35.3 Å². The molecule has 0 aliphatic rings. The van der Waals surface area contributed by atoms with Crippen molar-refractivity contribution in [3.8, 4) is 0 Å². The highest BCUT2D eigenvalue weighted by Crippen LogP contribution is 2.29. The Morgan fingerprint density at radius 3 is 2.54 bits per heavy atom. The van der Waals surface area contributed by atoms with Crippen molar-refractivity contribution < 1.29 is 13.2 Å². The fraction of sp³-hybridized carbons (Fsp3) is 0.353. The molecule has 2 N–H and O–H groups in total. The number of hydrogen-bond donors (Lipinski definition) is 2. The predicted octanol–water partition coefficient (Wildman–Crippen LogP) is 3.41. The molecule has 138 valence electrons. The highest BCUT2D eigenvalue weighted by molar-refractivity contribution is 5.74. The molecule has 3 aromatic rings. The van der Waals surface area contributed by atoms with Gasteiger partial charge in [-0.05, 0) is 23.6 Å². The van der Waals surface area contributed by atoms with E-state index in [-0.39, 0.29) is 18.1 Å². The molecule has 0 atom stereocenters. The quantitative estimate of drug-likeness (QED) is 0.727. The molecule has 2 heterocycles. The van der Waals surface area contributed by atoms with Crippen LogP contribution in [0.5, 0.6) is 0 Å². The molecule has 9 heteroatoms. The molecule has 0 unspecified atom stereocenters. The monoisotopic (exact) mass is 365 g/mol. The zero-order valence-corrected chi connectivity index (χ0v) is 14.3. The molecule has 6 nitrogen and oxygen atoms in total. The molecule has 0 fully saturated rings. The summed E-state index contributed by atoms with van der Waals surface area (Å²) in [5.41, 5.74) is 0.0838. The zero-order chi connectivity index (χ0) is 18.9. The Morgan fingerprint density at radius 2 is 1.92 bits per heavy atom. The number of aromatic nitrogens is 4. The Bertz CT molecular complexity index is 957. The number of aromatic amines is 1. The number of benzene rings is 1. The standard InChI is InChI=1S/C17H18F3N5O/c1-10(2)9-25-14-13(8-22-25)15(26)24-16(23-14)21-7-11-3-5-12(6-4-11)17(18,19)20/h3-6,8,10H,7,9H2,1-2H3,(H2,21,23,24,26). The minimum atomic E-state index is -4.36. The summed E-state index contributed by atoms with van der Waals surface area (Å²) in [6.45, 7) is 4.91. The van der Waals surface area contributed by atoms with Crippen LogP contribution >= 0.6 is 0 Å². The van der Waals surface area contributed by atoms with E-state index in [4.69, 9.17) is 0 Å². The van der Waals surface area contributed by atoms with Gasteiger partial charge in [0.05, 0.1) is 11.8 Å². The van der Waals surface area contributed by atoms with E-state index in [0.29, 0.717) is 29.1 Å². The molecule has 1 aromatic carbocycles. The number of fused-ring (bicyclic) bond motifs is 1. The molecule has 0 saturated heterocycles. The third-order valence-corrected chi connectivity index (χ3v) is 3.79. The molecule has 26 heavy (non-hydrogen) atoms. The number of anilines is 1. The van der Waals surface area contributed by atoms with Crippen LogP contribution in [0.4, 0.5) is 19.1 Å². The number of H-pyrrole nitrogens is 1. The molecule has 0 radical (unpaired) electrons. The van der Waals surface area contributed by atoms with E-state index >= 15 is 0 Å². The topological polar surface area (TPSA) is 75.6 Å². The minimum absolute atomic E-state index is 0.227. The number of rotatable bonds is 5. The first-order chi connectivity index (χ1) is 12.2. The molecule has 2 aromatic heterocycles. The van der Waals surface area contributed by atoms with Gasteiger partial charge in [0.2, 0.25) is 5.95 Å². The Labute approximate surface area is 147 Å². The lowest BCUT2D eigenvalue weighted by Crippen LogP contribution is -2.15. The minimum Gasteiger partial charge on any atom is -0.352 e. The zero-order valence-electron chi connectivity index (χ0n) is 14.3. The lowest BCUT2D eigenvalue weighted by molar-refractivity contribution is -0.137. The van der Waals surface area contributed by atoms with Crippen molar-refractivity contribution in [2.75, 3.05) is 5.32 Å². The van der Waals surface area contributed by atoms with Crippen LogP contribution in [0.25, 0.3) is 11.0 Å². The third kappa shape index (κ3) is 3.87. The maximum absolute atomic E-state index is 12.6. The number of alkyl halides is 3. The van der Waals surface area contributed by atoms with Crippen molar-refractivity contribution in [1.29, 1.82) is 0 Å². The number of hydrogen-bond acceptors (Lipinski definition) is 4. The van der Waals surface area contributed by atoms with E-state index in [1.54, 1.807) is 4.68 Å². The molecule has 0 amide bonds. The first-order valence-electron chi connectivity index (χ1n) is 8.10. The van der Waals surface area contributed by atoms with Gasteiger partial charge in [0.1, 0.15) is 5.39 Å². The van der Waals surface area contributed by atoms with Gasteiger partial charge in [-0.3, -0.25) is 9.78 Å². The summed E-state index contributed by atoms with van der Waals surface area (Å²) in [6, 6.07) is 4.81. The van der Waals surface area contributed by atoms with Crippen molar-refractivity contribution in [2.24, 2.45) is 5.92 Å². The summed E-state index contributed by atoms with van der Waals surface area (Å²) in [6.07, 6.45) is -2.89. The molecule has 0 aliphatic carbocycles. The van der Waals surface area contributed by atoms with Crippen molar-refractivity contribution in [3.05, 3.63) is 51.9 Å². The van der Waals surface area contributed by atoms with E-state index in [1.807, 2.05) is 13.8 Å². The lowest BCUT2D eigenvalue weighted by Gasteiger charge is -2.09. The molecule has 0 bridgehead atoms. The first kappa shape index (κ1) is 18.0. The first-order valence-corrected chi connectivity index (χ1v) is 8.10. The Morgan fingerprint density at radius 1 is 1.23 bits per heavy atom. The Balaban J connectivity index is 1.79. The van der Waals surface area contributed by atoms with Crippen LogP contribution in [0.3, 0.4) is 0 Å². The van der Waals surface area contributed by atoms with Crippen LogP contribution < -0.4 is 10.9 Å². The second kappa shape index (κ2) is 6.81. The summed E-state index contributed by atoms with van der Waals surface area (Å²) in [7, 11) is 0. The van der Waals surface area contributed by atoms with E-state index in [0.717, 1.165) is 12.1 Å². The Kier molecular flexibility index (Phi) is 4.71. The fourth-order valence-electron chi connectivity index (χ4n) is 2.53. The molecular formula is C17H18F3N5O. The summed E-state index contributed by atoms with van der Waals surface area (Å²) in [5, 5.41) is 7.52. The van der Waals surface area contributed by atoms with Gasteiger partial charge in [0, 0.05) is 13.1 Å². The molecule has 0 aliphatic heterocycles. The maximum Gasteiger partial charge on any atom is 0.416 e. The Hall–Kier alpha value is -2.84. The molecular weight excluding hydrogens is 347 g/mol. The van der Waals surface area contributed by atoms with Gasteiger partial charge in [-0.2, -0.15) is 23.3 Å². The maximum atomic E-state index is 12.6. The average Bonchev–Trinajstić information content (AvgIpc) is 2.95. The second-order valence-corrected chi connectivity index (χ2v) is 6.42. The second-order valence-electron chi connectivity index (χ2n) is 6.42. The highest BCUT2D eigenvalue weighted by Gasteiger charge is 2.29. The van der Waals surface area contributed by atoms with Crippen molar-refractivity contribution in [3.63, 3.8) is 0 Å². The van der Waals surface area contributed by atoms with Gasteiger partial charge >= 0.3 is 6.18 Å². The summed E-state index contributed by atoms with van der Waals surface area (Å²) < 4.78 is 39.4. The summed E-state index contributed by atoms with van der Waals surface area (Å²) >= 11 is 0. The SMILES string of the molecule is CC(C)Cn1ncc2c(=O)[nH]c(NCc3ccc(C(F)(F)F)cc3)nc21. The van der Waals surface area contributed by atoms with Crippen LogP contribution in [0, 0.1) is 5.92 Å². The predicted molar refractivity (Wildman–Crippen MR) is 91.8 cm³/mol. The van der Waals surface area contributed by atoms with E-state index in [9.17, 15) is 18.0 Å². The van der Waals surface area contributed by atoms with Gasteiger partial charge < -0.3 is 5.32 Å². The van der Waals surface area contributed by atoms with Crippen LogP contribution in [0.2, 0.25) is 0 Å².